The van der Waals surface area contributed by atoms with E-state index in [9.17, 15) is 4.39 Å². The van der Waals surface area contributed by atoms with Gasteiger partial charge >= 0.3 is 0 Å². The highest BCUT2D eigenvalue weighted by Gasteiger charge is 2.22. The van der Waals surface area contributed by atoms with E-state index in [1.807, 2.05) is 0 Å². The maximum atomic E-state index is 13.5. The molecule has 3 heteroatoms. The quantitative estimate of drug-likeness (QED) is 0.839. The molecule has 0 spiro atoms. The smallest absolute Gasteiger partial charge is 0.127 e. The molecule has 1 nitrogen and oxygen atoms in total. The molecule has 1 aliphatic carbocycles. The van der Waals surface area contributed by atoms with Crippen molar-refractivity contribution >= 4 is 11.6 Å². The summed E-state index contributed by atoms with van der Waals surface area (Å²) in [5.74, 6) is 0.636. The second-order valence-electron chi connectivity index (χ2n) is 4.69. The van der Waals surface area contributed by atoms with Crippen LogP contribution >= 0.6 is 11.6 Å². The minimum atomic E-state index is -0.241. The van der Waals surface area contributed by atoms with Gasteiger partial charge in [0, 0.05) is 16.6 Å². The fourth-order valence-corrected chi connectivity index (χ4v) is 2.19. The van der Waals surface area contributed by atoms with Crippen molar-refractivity contribution in [1.29, 1.82) is 0 Å². The molecule has 0 radical (unpaired) electrons. The lowest BCUT2D eigenvalue weighted by Crippen LogP contribution is -2.23. The summed E-state index contributed by atoms with van der Waals surface area (Å²) in [5, 5.41) is 0.488. The van der Waals surface area contributed by atoms with Crippen LogP contribution in [0.4, 0.5) is 4.39 Å². The van der Waals surface area contributed by atoms with Crippen LogP contribution in [-0.4, -0.2) is 6.04 Å². The van der Waals surface area contributed by atoms with Gasteiger partial charge in [-0.2, -0.15) is 0 Å². The first-order valence-electron chi connectivity index (χ1n) is 5.85. The van der Waals surface area contributed by atoms with Crippen LogP contribution in [0.1, 0.15) is 31.2 Å². The molecule has 1 atom stereocenters. The van der Waals surface area contributed by atoms with E-state index in [-0.39, 0.29) is 11.9 Å². The Labute approximate surface area is 101 Å². The van der Waals surface area contributed by atoms with Gasteiger partial charge in [0.25, 0.3) is 0 Å². The summed E-state index contributed by atoms with van der Waals surface area (Å²) in [6.07, 6.45) is 5.36. The Morgan fingerprint density at radius 2 is 2.19 bits per heavy atom. The van der Waals surface area contributed by atoms with Crippen molar-refractivity contribution in [3.63, 3.8) is 0 Å². The Hall–Kier alpha value is -0.600. The first-order valence-corrected chi connectivity index (χ1v) is 6.23. The van der Waals surface area contributed by atoms with Crippen LogP contribution in [0.2, 0.25) is 5.02 Å². The number of hydrogen-bond donors (Lipinski definition) is 1. The molecule has 1 unspecified atom stereocenters. The second kappa shape index (κ2) is 5.15. The molecule has 0 bridgehead atoms. The van der Waals surface area contributed by atoms with Crippen LogP contribution in [0.5, 0.6) is 0 Å². The summed E-state index contributed by atoms with van der Waals surface area (Å²) in [6.45, 7) is 0. The van der Waals surface area contributed by atoms with Gasteiger partial charge in [-0.1, -0.05) is 30.5 Å². The van der Waals surface area contributed by atoms with Crippen molar-refractivity contribution in [2.75, 3.05) is 0 Å². The molecule has 1 aliphatic rings. The number of benzene rings is 1. The molecule has 16 heavy (non-hydrogen) atoms. The topological polar surface area (TPSA) is 26.0 Å². The molecule has 0 aliphatic heterocycles. The molecule has 1 aromatic rings. The van der Waals surface area contributed by atoms with Gasteiger partial charge < -0.3 is 5.73 Å². The number of halogens is 2. The monoisotopic (exact) mass is 241 g/mol. The van der Waals surface area contributed by atoms with E-state index in [1.165, 1.54) is 25.3 Å². The molecular weight excluding hydrogens is 225 g/mol. The number of rotatable bonds is 5. The standard InChI is InChI=1S/C13H17ClFN/c14-12-2-1-3-13(15)11(12)8-10(16)7-6-9-4-5-9/h1-3,9-10H,4-8,16H2. The van der Waals surface area contributed by atoms with E-state index >= 15 is 0 Å². The molecule has 0 saturated heterocycles. The van der Waals surface area contributed by atoms with Crippen LogP contribution in [-0.2, 0) is 6.42 Å². The lowest BCUT2D eigenvalue weighted by molar-refractivity contribution is 0.533. The zero-order valence-corrected chi connectivity index (χ0v) is 10.0. The first kappa shape index (κ1) is 11.9. The average Bonchev–Trinajstić information content (AvgIpc) is 3.04. The van der Waals surface area contributed by atoms with Crippen LogP contribution in [0.3, 0.4) is 0 Å². The Morgan fingerprint density at radius 1 is 1.44 bits per heavy atom. The Balaban J connectivity index is 1.91. The lowest BCUT2D eigenvalue weighted by Gasteiger charge is -2.13. The Bertz CT molecular complexity index is 343. The molecule has 0 amide bonds. The molecule has 1 saturated carbocycles. The highest BCUT2D eigenvalue weighted by Crippen LogP contribution is 2.34. The predicted molar refractivity (Wildman–Crippen MR) is 65.0 cm³/mol. The SMILES string of the molecule is NC(CCC1CC1)Cc1c(F)cccc1Cl. The zero-order chi connectivity index (χ0) is 11.5. The van der Waals surface area contributed by atoms with Crippen LogP contribution < -0.4 is 5.73 Å². The number of hydrogen-bond acceptors (Lipinski definition) is 1. The summed E-state index contributed by atoms with van der Waals surface area (Å²) in [6, 6.07) is 4.80. The Morgan fingerprint density at radius 3 is 2.81 bits per heavy atom. The average molecular weight is 242 g/mol. The van der Waals surface area contributed by atoms with E-state index in [1.54, 1.807) is 12.1 Å². The van der Waals surface area contributed by atoms with E-state index < -0.39 is 0 Å². The molecular formula is C13H17ClFN. The van der Waals surface area contributed by atoms with E-state index in [2.05, 4.69) is 0 Å². The summed E-state index contributed by atoms with van der Waals surface area (Å²) in [7, 11) is 0. The van der Waals surface area contributed by atoms with E-state index in [0.29, 0.717) is 17.0 Å². The van der Waals surface area contributed by atoms with Crippen LogP contribution in [0, 0.1) is 11.7 Å². The van der Waals surface area contributed by atoms with Gasteiger partial charge in [0.2, 0.25) is 0 Å². The highest BCUT2D eigenvalue weighted by molar-refractivity contribution is 6.31. The maximum Gasteiger partial charge on any atom is 0.127 e. The summed E-state index contributed by atoms with van der Waals surface area (Å²) in [5.41, 5.74) is 6.56. The zero-order valence-electron chi connectivity index (χ0n) is 9.26. The van der Waals surface area contributed by atoms with E-state index in [0.717, 1.165) is 12.3 Å². The highest BCUT2D eigenvalue weighted by atomic mass is 35.5. The molecule has 88 valence electrons. The van der Waals surface area contributed by atoms with Crippen molar-refractivity contribution in [2.24, 2.45) is 11.7 Å². The fraction of sp³-hybridized carbons (Fsp3) is 0.538. The van der Waals surface area contributed by atoms with Crippen molar-refractivity contribution in [1.82, 2.24) is 0 Å². The van der Waals surface area contributed by atoms with Crippen LogP contribution in [0.25, 0.3) is 0 Å². The lowest BCUT2D eigenvalue weighted by atomic mass is 10.0. The van der Waals surface area contributed by atoms with Gasteiger partial charge in [0.1, 0.15) is 5.82 Å². The Kier molecular flexibility index (Phi) is 3.82. The summed E-state index contributed by atoms with van der Waals surface area (Å²) >= 11 is 5.95. The van der Waals surface area contributed by atoms with Crippen molar-refractivity contribution in [3.05, 3.63) is 34.6 Å². The molecule has 1 fully saturated rings. The second-order valence-corrected chi connectivity index (χ2v) is 5.09. The minimum Gasteiger partial charge on any atom is -0.327 e. The predicted octanol–water partition coefficient (Wildman–Crippen LogP) is 3.54. The third-order valence-corrected chi connectivity index (χ3v) is 3.52. The van der Waals surface area contributed by atoms with Gasteiger partial charge in [-0.05, 0) is 37.3 Å². The summed E-state index contributed by atoms with van der Waals surface area (Å²) in [4.78, 5) is 0. The van der Waals surface area contributed by atoms with Gasteiger partial charge in [-0.15, -0.1) is 0 Å². The molecule has 0 aromatic heterocycles. The first-order chi connectivity index (χ1) is 7.66. The van der Waals surface area contributed by atoms with Gasteiger partial charge in [-0.25, -0.2) is 4.39 Å². The largest absolute Gasteiger partial charge is 0.327 e. The third kappa shape index (κ3) is 3.19. The molecule has 1 aromatic carbocycles. The molecule has 2 rings (SSSR count). The van der Waals surface area contributed by atoms with Crippen molar-refractivity contribution in [2.45, 2.75) is 38.1 Å². The van der Waals surface area contributed by atoms with Gasteiger partial charge in [-0.3, -0.25) is 0 Å². The molecule has 2 N–H and O–H groups in total. The van der Waals surface area contributed by atoms with Gasteiger partial charge in [0.05, 0.1) is 0 Å². The van der Waals surface area contributed by atoms with Gasteiger partial charge in [0.15, 0.2) is 0 Å². The minimum absolute atomic E-state index is 0.0231. The molecule has 0 heterocycles. The third-order valence-electron chi connectivity index (χ3n) is 3.17. The van der Waals surface area contributed by atoms with Crippen LogP contribution in [0.15, 0.2) is 18.2 Å². The number of nitrogens with two attached hydrogens (primary N) is 1. The van der Waals surface area contributed by atoms with Crippen molar-refractivity contribution in [3.8, 4) is 0 Å². The van der Waals surface area contributed by atoms with E-state index in [4.69, 9.17) is 17.3 Å². The fourth-order valence-electron chi connectivity index (χ4n) is 1.95. The maximum absolute atomic E-state index is 13.5. The normalized spacial score (nSPS) is 17.4. The van der Waals surface area contributed by atoms with Crippen molar-refractivity contribution < 1.29 is 4.39 Å². The summed E-state index contributed by atoms with van der Waals surface area (Å²) < 4.78 is 13.5.